The second-order valence-corrected chi connectivity index (χ2v) is 4.43. The molecule has 0 amide bonds. The molecule has 0 aliphatic carbocycles. The zero-order valence-electron chi connectivity index (χ0n) is 8.00. The molecule has 0 saturated carbocycles. The van der Waals surface area contributed by atoms with Crippen LogP contribution in [0.2, 0.25) is 0 Å². The summed E-state index contributed by atoms with van der Waals surface area (Å²) in [4.78, 5) is 0. The monoisotopic (exact) mass is 259 g/mol. The van der Waals surface area contributed by atoms with Crippen LogP contribution in [0.25, 0.3) is 0 Å². The van der Waals surface area contributed by atoms with Crippen LogP contribution in [0.3, 0.4) is 0 Å². The molecule has 6 N–H and O–H groups in total. The predicted octanol–water partition coefficient (Wildman–Crippen LogP) is -3.43. The number of rotatable bonds is 3. The molecule has 1 unspecified atom stereocenters. The van der Waals surface area contributed by atoms with E-state index in [9.17, 15) is 23.7 Å². The standard InChI is InChI=1S/C6H13NO8S/c7-3-5(9)4(8)2(15-6(3)10)1-14-16(11,12)13/h2-6,8-10H,1,7H2,(H,11,12,13)/t2-,3-,4+,5-,6?/m1/s1. The number of nitrogens with two attached hydrogens (primary N) is 1. The van der Waals surface area contributed by atoms with Crippen LogP contribution in [0.4, 0.5) is 0 Å². The minimum Gasteiger partial charge on any atom is -0.388 e. The largest absolute Gasteiger partial charge is 0.397 e. The van der Waals surface area contributed by atoms with E-state index in [1.54, 1.807) is 0 Å². The molecule has 5 atom stereocenters. The first kappa shape index (κ1) is 13.7. The van der Waals surface area contributed by atoms with E-state index in [0.29, 0.717) is 0 Å². The lowest BCUT2D eigenvalue weighted by molar-refractivity contribution is -0.247. The first-order valence-electron chi connectivity index (χ1n) is 4.29. The molecular formula is C6H13NO8S. The van der Waals surface area contributed by atoms with Crippen LogP contribution in [0.1, 0.15) is 0 Å². The van der Waals surface area contributed by atoms with Gasteiger partial charge in [0, 0.05) is 0 Å². The molecule has 16 heavy (non-hydrogen) atoms. The minimum atomic E-state index is -4.68. The molecule has 0 aromatic heterocycles. The van der Waals surface area contributed by atoms with Crippen molar-refractivity contribution in [2.24, 2.45) is 5.73 Å². The second-order valence-electron chi connectivity index (χ2n) is 3.34. The van der Waals surface area contributed by atoms with Crippen molar-refractivity contribution in [2.75, 3.05) is 6.61 Å². The van der Waals surface area contributed by atoms with Gasteiger partial charge in [-0.2, -0.15) is 8.42 Å². The molecule has 1 saturated heterocycles. The van der Waals surface area contributed by atoms with E-state index in [-0.39, 0.29) is 0 Å². The number of ether oxygens (including phenoxy) is 1. The van der Waals surface area contributed by atoms with Crippen molar-refractivity contribution < 1.29 is 37.2 Å². The molecule has 0 bridgehead atoms. The second kappa shape index (κ2) is 4.89. The highest BCUT2D eigenvalue weighted by Crippen LogP contribution is 2.19. The van der Waals surface area contributed by atoms with E-state index < -0.39 is 47.6 Å². The number of aliphatic hydroxyl groups is 3. The fraction of sp³-hybridized carbons (Fsp3) is 1.00. The van der Waals surface area contributed by atoms with Gasteiger partial charge in [-0.25, -0.2) is 4.18 Å². The van der Waals surface area contributed by atoms with Crippen molar-refractivity contribution in [3.63, 3.8) is 0 Å². The zero-order valence-corrected chi connectivity index (χ0v) is 8.82. The van der Waals surface area contributed by atoms with Gasteiger partial charge in [0.25, 0.3) is 0 Å². The van der Waals surface area contributed by atoms with Gasteiger partial charge in [-0.3, -0.25) is 4.55 Å². The van der Waals surface area contributed by atoms with E-state index in [1.807, 2.05) is 0 Å². The van der Waals surface area contributed by atoms with Crippen molar-refractivity contribution >= 4 is 10.4 Å². The van der Waals surface area contributed by atoms with Gasteiger partial charge in [-0.1, -0.05) is 0 Å². The molecule has 0 aromatic carbocycles. The zero-order chi connectivity index (χ0) is 12.5. The molecule has 0 spiro atoms. The van der Waals surface area contributed by atoms with Gasteiger partial charge in [0.15, 0.2) is 6.29 Å². The van der Waals surface area contributed by atoms with Crippen molar-refractivity contribution in [3.05, 3.63) is 0 Å². The maximum absolute atomic E-state index is 10.3. The van der Waals surface area contributed by atoms with Crippen molar-refractivity contribution in [3.8, 4) is 0 Å². The van der Waals surface area contributed by atoms with Gasteiger partial charge in [-0.05, 0) is 0 Å². The average Bonchev–Trinajstić information content (AvgIpc) is 2.17. The van der Waals surface area contributed by atoms with E-state index in [1.165, 1.54) is 0 Å². The third-order valence-electron chi connectivity index (χ3n) is 2.15. The summed E-state index contributed by atoms with van der Waals surface area (Å²) in [6.45, 7) is -0.749. The maximum atomic E-state index is 10.3. The van der Waals surface area contributed by atoms with Crippen LogP contribution < -0.4 is 5.73 Å². The quantitative estimate of drug-likeness (QED) is 0.325. The third-order valence-corrected chi connectivity index (χ3v) is 2.58. The van der Waals surface area contributed by atoms with E-state index in [0.717, 1.165) is 0 Å². The summed E-state index contributed by atoms with van der Waals surface area (Å²) in [5.74, 6) is 0. The Labute approximate surface area is 91.3 Å². The number of aliphatic hydroxyl groups excluding tert-OH is 3. The minimum absolute atomic E-state index is 0.749. The van der Waals surface area contributed by atoms with Crippen LogP contribution in [0.5, 0.6) is 0 Å². The summed E-state index contributed by atoms with van der Waals surface area (Å²) < 4.78 is 37.4. The number of hydrogen-bond donors (Lipinski definition) is 5. The smallest absolute Gasteiger partial charge is 0.388 e. The molecular weight excluding hydrogens is 246 g/mol. The summed E-state index contributed by atoms with van der Waals surface area (Å²) in [5, 5.41) is 27.9. The average molecular weight is 259 g/mol. The van der Waals surface area contributed by atoms with Crippen molar-refractivity contribution in [1.29, 1.82) is 0 Å². The normalized spacial score (nSPS) is 40.9. The number of hydrogen-bond acceptors (Lipinski definition) is 8. The van der Waals surface area contributed by atoms with Crippen LogP contribution >= 0.6 is 0 Å². The van der Waals surface area contributed by atoms with Crippen LogP contribution in [0, 0.1) is 0 Å². The maximum Gasteiger partial charge on any atom is 0.397 e. The molecule has 1 fully saturated rings. The Bertz CT molecular complexity index is 331. The Morgan fingerprint density at radius 2 is 1.81 bits per heavy atom. The Balaban J connectivity index is 2.61. The summed E-state index contributed by atoms with van der Waals surface area (Å²) >= 11 is 0. The lowest BCUT2D eigenvalue weighted by Crippen LogP contribution is -2.62. The molecule has 1 aliphatic heterocycles. The fourth-order valence-electron chi connectivity index (χ4n) is 1.26. The lowest BCUT2D eigenvalue weighted by Gasteiger charge is -2.38. The molecule has 9 nitrogen and oxygen atoms in total. The lowest BCUT2D eigenvalue weighted by atomic mass is 9.98. The third kappa shape index (κ3) is 3.33. The van der Waals surface area contributed by atoms with Crippen molar-refractivity contribution in [1.82, 2.24) is 0 Å². The Morgan fingerprint density at radius 1 is 1.25 bits per heavy atom. The van der Waals surface area contributed by atoms with Gasteiger partial charge in [-0.15, -0.1) is 0 Å². The summed E-state index contributed by atoms with van der Waals surface area (Å²) in [6.07, 6.45) is -5.89. The molecule has 1 aliphatic rings. The summed E-state index contributed by atoms with van der Waals surface area (Å²) in [5.41, 5.74) is 5.26. The fourth-order valence-corrected chi connectivity index (χ4v) is 1.56. The van der Waals surface area contributed by atoms with E-state index in [4.69, 9.17) is 15.0 Å². The van der Waals surface area contributed by atoms with Crippen molar-refractivity contribution in [2.45, 2.75) is 30.6 Å². The van der Waals surface area contributed by atoms with Gasteiger partial charge in [0.05, 0.1) is 12.6 Å². The topological polar surface area (TPSA) is 160 Å². The summed E-state index contributed by atoms with van der Waals surface area (Å²) in [6, 6.07) is -1.21. The van der Waals surface area contributed by atoms with Gasteiger partial charge in [0.1, 0.15) is 18.3 Å². The molecule has 1 heterocycles. The van der Waals surface area contributed by atoms with Crippen LogP contribution in [-0.2, 0) is 19.3 Å². The first-order valence-corrected chi connectivity index (χ1v) is 5.66. The van der Waals surface area contributed by atoms with Gasteiger partial charge in [0.2, 0.25) is 0 Å². The first-order chi connectivity index (χ1) is 7.22. The van der Waals surface area contributed by atoms with E-state index in [2.05, 4.69) is 4.18 Å². The highest BCUT2D eigenvalue weighted by atomic mass is 32.3. The molecule has 96 valence electrons. The highest BCUT2D eigenvalue weighted by Gasteiger charge is 2.42. The molecule has 1 rings (SSSR count). The van der Waals surface area contributed by atoms with E-state index >= 15 is 0 Å². The molecule has 0 radical (unpaired) electrons. The van der Waals surface area contributed by atoms with Gasteiger partial charge >= 0.3 is 10.4 Å². The Hall–Kier alpha value is -0.330. The Kier molecular flexibility index (Phi) is 4.20. The molecule has 10 heteroatoms. The highest BCUT2D eigenvalue weighted by molar-refractivity contribution is 7.80. The van der Waals surface area contributed by atoms with Crippen LogP contribution in [0.15, 0.2) is 0 Å². The Morgan fingerprint density at radius 3 is 2.31 bits per heavy atom. The predicted molar refractivity (Wildman–Crippen MR) is 48.4 cm³/mol. The molecule has 0 aromatic rings. The SMILES string of the molecule is N[C@H]1C(O)O[C@H](COS(=O)(=O)O)[C@H](O)[C@@H]1O. The van der Waals surface area contributed by atoms with Crippen LogP contribution in [-0.4, -0.2) is 65.5 Å². The van der Waals surface area contributed by atoms with Gasteiger partial charge < -0.3 is 25.8 Å². The summed E-state index contributed by atoms with van der Waals surface area (Å²) in [7, 11) is -4.68.